The molecule has 21 heavy (non-hydrogen) atoms. The van der Waals surface area contributed by atoms with E-state index in [4.69, 9.17) is 33.7 Å². The van der Waals surface area contributed by atoms with Gasteiger partial charge in [-0.3, -0.25) is 4.79 Å². The van der Waals surface area contributed by atoms with Gasteiger partial charge in [0.1, 0.15) is 11.6 Å². The molecule has 0 aromatic heterocycles. The number of ether oxygens (including phenoxy) is 1. The standard InChI is InChI=1S/C14H11Cl2FN2O2/c1-21-12-6-8(17)2-3-11(12)19-14(20)7-4-9(15)13(18)10(16)5-7/h2-6H,18H2,1H3,(H,19,20). The quantitative estimate of drug-likeness (QED) is 0.837. The fourth-order valence-corrected chi connectivity index (χ4v) is 2.17. The Morgan fingerprint density at radius 1 is 1.24 bits per heavy atom. The van der Waals surface area contributed by atoms with Crippen molar-refractivity contribution in [2.45, 2.75) is 0 Å². The van der Waals surface area contributed by atoms with Gasteiger partial charge in [0.25, 0.3) is 5.91 Å². The number of benzene rings is 2. The van der Waals surface area contributed by atoms with E-state index in [0.717, 1.165) is 0 Å². The number of carbonyl (C=O) groups is 1. The number of halogens is 3. The molecule has 4 nitrogen and oxygen atoms in total. The molecule has 0 unspecified atom stereocenters. The van der Waals surface area contributed by atoms with Crippen molar-refractivity contribution in [3.63, 3.8) is 0 Å². The van der Waals surface area contributed by atoms with Gasteiger partial charge in [-0.15, -0.1) is 0 Å². The number of methoxy groups -OCH3 is 1. The van der Waals surface area contributed by atoms with Gasteiger partial charge in [-0.1, -0.05) is 23.2 Å². The second-order valence-electron chi connectivity index (χ2n) is 4.15. The van der Waals surface area contributed by atoms with Crippen LogP contribution in [0.5, 0.6) is 5.75 Å². The Labute approximate surface area is 130 Å². The molecule has 0 aliphatic rings. The first-order valence-electron chi connectivity index (χ1n) is 5.81. The van der Waals surface area contributed by atoms with Crippen LogP contribution in [0.2, 0.25) is 10.0 Å². The highest BCUT2D eigenvalue weighted by atomic mass is 35.5. The molecule has 2 aromatic rings. The zero-order valence-electron chi connectivity index (χ0n) is 10.9. The molecule has 1 amide bonds. The SMILES string of the molecule is COc1cc(F)ccc1NC(=O)c1cc(Cl)c(N)c(Cl)c1. The molecule has 0 aliphatic carbocycles. The summed E-state index contributed by atoms with van der Waals surface area (Å²) in [5.74, 6) is -0.733. The maximum Gasteiger partial charge on any atom is 0.255 e. The predicted molar refractivity (Wildman–Crippen MR) is 81.8 cm³/mol. The smallest absolute Gasteiger partial charge is 0.255 e. The number of anilines is 2. The summed E-state index contributed by atoms with van der Waals surface area (Å²) in [6.07, 6.45) is 0. The lowest BCUT2D eigenvalue weighted by Gasteiger charge is -2.11. The summed E-state index contributed by atoms with van der Waals surface area (Å²) in [5.41, 5.74) is 6.37. The van der Waals surface area contributed by atoms with E-state index in [-0.39, 0.29) is 27.0 Å². The van der Waals surface area contributed by atoms with E-state index in [1.165, 1.54) is 37.4 Å². The van der Waals surface area contributed by atoms with Gasteiger partial charge in [-0.2, -0.15) is 0 Å². The molecule has 0 aliphatic heterocycles. The molecule has 0 saturated heterocycles. The minimum absolute atomic E-state index is 0.179. The van der Waals surface area contributed by atoms with Gasteiger partial charge in [0, 0.05) is 11.6 Å². The topological polar surface area (TPSA) is 64.3 Å². The molecule has 0 atom stereocenters. The van der Waals surface area contributed by atoms with Crippen LogP contribution >= 0.6 is 23.2 Å². The van der Waals surface area contributed by atoms with Crippen molar-refractivity contribution in [2.24, 2.45) is 0 Å². The van der Waals surface area contributed by atoms with Crippen LogP contribution in [0.3, 0.4) is 0 Å². The van der Waals surface area contributed by atoms with Crippen LogP contribution < -0.4 is 15.8 Å². The van der Waals surface area contributed by atoms with Crippen molar-refractivity contribution >= 4 is 40.5 Å². The molecule has 3 N–H and O–H groups in total. The number of nitrogens with one attached hydrogen (secondary N) is 1. The molecular weight excluding hydrogens is 318 g/mol. The summed E-state index contributed by atoms with van der Waals surface area (Å²) in [6.45, 7) is 0. The predicted octanol–water partition coefficient (Wildman–Crippen LogP) is 3.98. The summed E-state index contributed by atoms with van der Waals surface area (Å²) >= 11 is 11.8. The maximum absolute atomic E-state index is 13.1. The Balaban J connectivity index is 2.30. The average molecular weight is 329 g/mol. The van der Waals surface area contributed by atoms with E-state index >= 15 is 0 Å². The van der Waals surface area contributed by atoms with Gasteiger partial charge >= 0.3 is 0 Å². The molecule has 0 radical (unpaired) electrons. The van der Waals surface area contributed by atoms with Crippen LogP contribution in [0.4, 0.5) is 15.8 Å². The molecule has 0 spiro atoms. The van der Waals surface area contributed by atoms with Crippen LogP contribution in [0.25, 0.3) is 0 Å². The number of carbonyl (C=O) groups excluding carboxylic acids is 1. The average Bonchev–Trinajstić information content (AvgIpc) is 2.45. The summed E-state index contributed by atoms with van der Waals surface area (Å²) in [4.78, 5) is 12.2. The molecule has 2 aromatic carbocycles. The van der Waals surface area contributed by atoms with Crippen molar-refractivity contribution in [1.82, 2.24) is 0 Å². The Morgan fingerprint density at radius 3 is 2.43 bits per heavy atom. The number of rotatable bonds is 3. The molecule has 0 heterocycles. The molecule has 7 heteroatoms. The van der Waals surface area contributed by atoms with Crippen LogP contribution in [-0.2, 0) is 0 Å². The lowest BCUT2D eigenvalue weighted by molar-refractivity contribution is 0.102. The number of nitrogen functional groups attached to an aromatic ring is 1. The zero-order chi connectivity index (χ0) is 15.6. The first-order valence-corrected chi connectivity index (χ1v) is 6.57. The zero-order valence-corrected chi connectivity index (χ0v) is 12.4. The summed E-state index contributed by atoms with van der Waals surface area (Å²) in [5, 5.41) is 2.95. The Morgan fingerprint density at radius 2 is 1.86 bits per heavy atom. The Hall–Kier alpha value is -1.98. The fraction of sp³-hybridized carbons (Fsp3) is 0.0714. The second-order valence-corrected chi connectivity index (χ2v) is 4.97. The minimum Gasteiger partial charge on any atom is -0.494 e. The molecule has 0 saturated carbocycles. The second kappa shape index (κ2) is 6.20. The van der Waals surface area contributed by atoms with Crippen molar-refractivity contribution in [3.8, 4) is 5.75 Å². The van der Waals surface area contributed by atoms with E-state index in [2.05, 4.69) is 5.32 Å². The van der Waals surface area contributed by atoms with Crippen LogP contribution in [0.15, 0.2) is 30.3 Å². The summed E-state index contributed by atoms with van der Waals surface area (Å²) < 4.78 is 18.1. The van der Waals surface area contributed by atoms with Crippen molar-refractivity contribution in [2.75, 3.05) is 18.2 Å². The van der Waals surface area contributed by atoms with E-state index in [1.54, 1.807) is 0 Å². The Kier molecular flexibility index (Phi) is 4.55. The van der Waals surface area contributed by atoms with E-state index < -0.39 is 11.7 Å². The van der Waals surface area contributed by atoms with E-state index in [9.17, 15) is 9.18 Å². The third-order valence-corrected chi connectivity index (χ3v) is 3.38. The maximum atomic E-state index is 13.1. The van der Waals surface area contributed by atoms with Crippen molar-refractivity contribution in [1.29, 1.82) is 0 Å². The number of hydrogen-bond acceptors (Lipinski definition) is 3. The highest BCUT2D eigenvalue weighted by Gasteiger charge is 2.13. The summed E-state index contributed by atoms with van der Waals surface area (Å²) in [6, 6.07) is 6.56. The number of amides is 1. The van der Waals surface area contributed by atoms with Gasteiger partial charge in [0.2, 0.25) is 0 Å². The largest absolute Gasteiger partial charge is 0.494 e. The van der Waals surface area contributed by atoms with Crippen LogP contribution in [0.1, 0.15) is 10.4 Å². The number of nitrogens with two attached hydrogens (primary N) is 1. The van der Waals surface area contributed by atoms with Crippen LogP contribution in [-0.4, -0.2) is 13.0 Å². The molecule has 2 rings (SSSR count). The highest BCUT2D eigenvalue weighted by Crippen LogP contribution is 2.30. The Bertz CT molecular complexity index is 684. The van der Waals surface area contributed by atoms with Gasteiger partial charge in [-0.05, 0) is 24.3 Å². The van der Waals surface area contributed by atoms with Gasteiger partial charge in [-0.25, -0.2) is 4.39 Å². The first-order chi connectivity index (χ1) is 9.92. The van der Waals surface area contributed by atoms with Gasteiger partial charge < -0.3 is 15.8 Å². The third-order valence-electron chi connectivity index (χ3n) is 2.75. The summed E-state index contributed by atoms with van der Waals surface area (Å²) in [7, 11) is 1.38. The fourth-order valence-electron chi connectivity index (χ4n) is 1.68. The molecule has 0 fully saturated rings. The first kappa shape index (κ1) is 15.4. The number of hydrogen-bond donors (Lipinski definition) is 2. The normalized spacial score (nSPS) is 10.3. The lowest BCUT2D eigenvalue weighted by Crippen LogP contribution is -2.13. The van der Waals surface area contributed by atoms with Gasteiger partial charge in [0.05, 0.1) is 28.5 Å². The highest BCUT2D eigenvalue weighted by molar-refractivity contribution is 6.39. The monoisotopic (exact) mass is 328 g/mol. The third kappa shape index (κ3) is 3.37. The molecule has 110 valence electrons. The van der Waals surface area contributed by atoms with E-state index in [0.29, 0.717) is 5.69 Å². The van der Waals surface area contributed by atoms with Crippen molar-refractivity contribution < 1.29 is 13.9 Å². The van der Waals surface area contributed by atoms with Crippen LogP contribution in [0, 0.1) is 5.82 Å². The van der Waals surface area contributed by atoms with Gasteiger partial charge in [0.15, 0.2) is 0 Å². The lowest BCUT2D eigenvalue weighted by atomic mass is 10.2. The molecule has 0 bridgehead atoms. The van der Waals surface area contributed by atoms with Crippen molar-refractivity contribution in [3.05, 3.63) is 51.8 Å². The minimum atomic E-state index is -0.469. The van der Waals surface area contributed by atoms with E-state index in [1.807, 2.05) is 0 Å². The molecular formula is C14H11Cl2FN2O2.